The Morgan fingerprint density at radius 1 is 1.17 bits per heavy atom. The van der Waals surface area contributed by atoms with Gasteiger partial charge in [-0.2, -0.15) is 0 Å². The standard InChI is InChI=1S/C18H17N3O3/c1-11-3-4-12(2)15(7-11)21-17(22)9-24-18(23)13-5-6-14-16(8-13)20-10-19-14/h3-8,10H,9H2,1-2H3,(H,19,20)(H,21,22). The minimum Gasteiger partial charge on any atom is -0.452 e. The number of ether oxygens (including phenoxy) is 1. The number of hydrogen-bond acceptors (Lipinski definition) is 4. The summed E-state index contributed by atoms with van der Waals surface area (Å²) in [5.41, 5.74) is 4.58. The summed E-state index contributed by atoms with van der Waals surface area (Å²) in [6.07, 6.45) is 1.55. The first-order valence-electron chi connectivity index (χ1n) is 7.50. The SMILES string of the molecule is Cc1ccc(C)c(NC(=O)COC(=O)c2ccc3nc[nH]c3c2)c1. The van der Waals surface area contributed by atoms with E-state index < -0.39 is 5.97 Å². The average Bonchev–Trinajstić information content (AvgIpc) is 3.03. The zero-order valence-electron chi connectivity index (χ0n) is 13.4. The first-order chi connectivity index (χ1) is 11.5. The minimum absolute atomic E-state index is 0.340. The maximum absolute atomic E-state index is 12.1. The maximum Gasteiger partial charge on any atom is 0.338 e. The van der Waals surface area contributed by atoms with Crippen LogP contribution < -0.4 is 5.32 Å². The number of anilines is 1. The van der Waals surface area contributed by atoms with Gasteiger partial charge in [0.25, 0.3) is 5.91 Å². The number of imidazole rings is 1. The molecule has 24 heavy (non-hydrogen) atoms. The van der Waals surface area contributed by atoms with Crippen molar-refractivity contribution in [2.24, 2.45) is 0 Å². The maximum atomic E-state index is 12.1. The van der Waals surface area contributed by atoms with Crippen molar-refractivity contribution in [1.82, 2.24) is 9.97 Å². The Morgan fingerprint density at radius 3 is 2.83 bits per heavy atom. The molecule has 0 spiro atoms. The van der Waals surface area contributed by atoms with Crippen molar-refractivity contribution in [3.63, 3.8) is 0 Å². The highest BCUT2D eigenvalue weighted by Gasteiger charge is 2.12. The molecule has 0 aliphatic rings. The number of aryl methyl sites for hydroxylation is 2. The molecule has 0 saturated carbocycles. The van der Waals surface area contributed by atoms with Crippen molar-refractivity contribution >= 4 is 28.6 Å². The predicted molar refractivity (Wildman–Crippen MR) is 90.9 cm³/mol. The number of nitrogens with one attached hydrogen (secondary N) is 2. The minimum atomic E-state index is -0.553. The second kappa shape index (κ2) is 6.54. The van der Waals surface area contributed by atoms with E-state index in [1.165, 1.54) is 0 Å². The van der Waals surface area contributed by atoms with Crippen LogP contribution in [0.25, 0.3) is 11.0 Å². The van der Waals surface area contributed by atoms with Gasteiger partial charge in [0, 0.05) is 5.69 Å². The van der Waals surface area contributed by atoms with Gasteiger partial charge in [-0.05, 0) is 49.2 Å². The molecule has 2 N–H and O–H groups in total. The van der Waals surface area contributed by atoms with E-state index in [9.17, 15) is 9.59 Å². The summed E-state index contributed by atoms with van der Waals surface area (Å²) in [5.74, 6) is -0.928. The van der Waals surface area contributed by atoms with Crippen LogP contribution in [-0.4, -0.2) is 28.5 Å². The Balaban J connectivity index is 1.61. The van der Waals surface area contributed by atoms with Crippen LogP contribution in [0, 0.1) is 13.8 Å². The molecule has 6 heteroatoms. The summed E-state index contributed by atoms with van der Waals surface area (Å²) in [7, 11) is 0. The Kier molecular flexibility index (Phi) is 4.29. The molecule has 0 aliphatic carbocycles. The molecular formula is C18H17N3O3. The van der Waals surface area contributed by atoms with E-state index in [0.29, 0.717) is 5.56 Å². The number of rotatable bonds is 4. The number of fused-ring (bicyclic) bond motifs is 1. The lowest BCUT2D eigenvalue weighted by atomic mass is 10.1. The third-order valence-electron chi connectivity index (χ3n) is 3.66. The third-order valence-corrected chi connectivity index (χ3v) is 3.66. The highest BCUT2D eigenvalue weighted by molar-refractivity contribution is 5.97. The molecule has 0 saturated heterocycles. The molecule has 1 heterocycles. The predicted octanol–water partition coefficient (Wildman–Crippen LogP) is 2.98. The number of esters is 1. The lowest BCUT2D eigenvalue weighted by molar-refractivity contribution is -0.119. The molecule has 1 amide bonds. The van der Waals surface area contributed by atoms with Crippen LogP contribution in [-0.2, 0) is 9.53 Å². The summed E-state index contributed by atoms with van der Waals surface area (Å²) < 4.78 is 5.07. The van der Waals surface area contributed by atoms with Gasteiger partial charge in [0.05, 0.1) is 22.9 Å². The van der Waals surface area contributed by atoms with Gasteiger partial charge in [0.1, 0.15) is 0 Å². The number of carbonyl (C=O) groups is 2. The van der Waals surface area contributed by atoms with Crippen molar-refractivity contribution in [3.05, 3.63) is 59.4 Å². The quantitative estimate of drug-likeness (QED) is 0.723. The molecular weight excluding hydrogens is 306 g/mol. The number of H-pyrrole nitrogens is 1. The van der Waals surface area contributed by atoms with E-state index >= 15 is 0 Å². The van der Waals surface area contributed by atoms with Gasteiger partial charge in [0.2, 0.25) is 0 Å². The van der Waals surface area contributed by atoms with Gasteiger partial charge >= 0.3 is 5.97 Å². The van der Waals surface area contributed by atoms with Crippen LogP contribution in [0.15, 0.2) is 42.7 Å². The Hall–Kier alpha value is -3.15. The third kappa shape index (κ3) is 3.43. The summed E-state index contributed by atoms with van der Waals surface area (Å²) in [5, 5.41) is 2.75. The fraction of sp³-hybridized carbons (Fsp3) is 0.167. The summed E-state index contributed by atoms with van der Waals surface area (Å²) in [4.78, 5) is 31.0. The van der Waals surface area contributed by atoms with E-state index in [1.54, 1.807) is 24.5 Å². The second-order valence-corrected chi connectivity index (χ2v) is 5.58. The first kappa shape index (κ1) is 15.7. The molecule has 0 radical (unpaired) electrons. The number of aromatic amines is 1. The van der Waals surface area contributed by atoms with Gasteiger partial charge in [-0.25, -0.2) is 9.78 Å². The van der Waals surface area contributed by atoms with E-state index in [2.05, 4.69) is 15.3 Å². The van der Waals surface area contributed by atoms with E-state index in [4.69, 9.17) is 4.74 Å². The smallest absolute Gasteiger partial charge is 0.338 e. The number of amides is 1. The number of nitrogens with zero attached hydrogens (tertiary/aromatic N) is 1. The Bertz CT molecular complexity index is 915. The number of hydrogen-bond donors (Lipinski definition) is 2. The highest BCUT2D eigenvalue weighted by Crippen LogP contribution is 2.16. The highest BCUT2D eigenvalue weighted by atomic mass is 16.5. The first-order valence-corrected chi connectivity index (χ1v) is 7.50. The topological polar surface area (TPSA) is 84.1 Å². The van der Waals surface area contributed by atoms with Gasteiger partial charge in [-0.15, -0.1) is 0 Å². The molecule has 3 rings (SSSR count). The number of carbonyl (C=O) groups excluding carboxylic acids is 2. The van der Waals surface area contributed by atoms with E-state index in [-0.39, 0.29) is 12.5 Å². The summed E-state index contributed by atoms with van der Waals surface area (Å²) in [6.45, 7) is 3.51. The molecule has 0 fully saturated rings. The van der Waals surface area contributed by atoms with Crippen LogP contribution >= 0.6 is 0 Å². The number of aromatic nitrogens is 2. The van der Waals surface area contributed by atoms with Crippen LogP contribution in [0.3, 0.4) is 0 Å². The largest absolute Gasteiger partial charge is 0.452 e. The van der Waals surface area contributed by atoms with E-state index in [0.717, 1.165) is 27.8 Å². The van der Waals surface area contributed by atoms with Crippen molar-refractivity contribution in [2.75, 3.05) is 11.9 Å². The zero-order valence-corrected chi connectivity index (χ0v) is 13.4. The molecule has 122 valence electrons. The molecule has 0 aliphatic heterocycles. The van der Waals surface area contributed by atoms with Gasteiger partial charge < -0.3 is 15.0 Å². The Labute approximate surface area is 138 Å². The Morgan fingerprint density at radius 2 is 2.00 bits per heavy atom. The molecule has 0 bridgehead atoms. The monoisotopic (exact) mass is 323 g/mol. The lowest BCUT2D eigenvalue weighted by Crippen LogP contribution is -2.21. The fourth-order valence-corrected chi connectivity index (χ4v) is 2.33. The fourth-order valence-electron chi connectivity index (χ4n) is 2.33. The van der Waals surface area contributed by atoms with Crippen LogP contribution in [0.4, 0.5) is 5.69 Å². The van der Waals surface area contributed by atoms with Crippen molar-refractivity contribution < 1.29 is 14.3 Å². The number of benzene rings is 2. The van der Waals surface area contributed by atoms with Crippen LogP contribution in [0.1, 0.15) is 21.5 Å². The summed E-state index contributed by atoms with van der Waals surface area (Å²) in [6, 6.07) is 10.8. The van der Waals surface area contributed by atoms with Crippen molar-refractivity contribution in [1.29, 1.82) is 0 Å². The molecule has 2 aromatic carbocycles. The molecule has 0 unspecified atom stereocenters. The van der Waals surface area contributed by atoms with Crippen LogP contribution in [0.5, 0.6) is 0 Å². The summed E-state index contributed by atoms with van der Waals surface area (Å²) >= 11 is 0. The van der Waals surface area contributed by atoms with Crippen molar-refractivity contribution in [3.8, 4) is 0 Å². The van der Waals surface area contributed by atoms with Gasteiger partial charge in [-0.3, -0.25) is 4.79 Å². The normalized spacial score (nSPS) is 10.6. The van der Waals surface area contributed by atoms with Gasteiger partial charge in [-0.1, -0.05) is 12.1 Å². The zero-order chi connectivity index (χ0) is 17.1. The van der Waals surface area contributed by atoms with E-state index in [1.807, 2.05) is 32.0 Å². The molecule has 6 nitrogen and oxygen atoms in total. The molecule has 0 atom stereocenters. The lowest BCUT2D eigenvalue weighted by Gasteiger charge is -2.10. The molecule has 3 aromatic rings. The van der Waals surface area contributed by atoms with Crippen molar-refractivity contribution in [2.45, 2.75) is 13.8 Å². The molecule has 1 aromatic heterocycles. The van der Waals surface area contributed by atoms with Crippen LogP contribution in [0.2, 0.25) is 0 Å². The van der Waals surface area contributed by atoms with Gasteiger partial charge in [0.15, 0.2) is 6.61 Å². The second-order valence-electron chi connectivity index (χ2n) is 5.58. The average molecular weight is 323 g/mol.